The minimum atomic E-state index is -3.75. The fraction of sp³-hybridized carbons (Fsp3) is 0.231. The molecule has 0 atom stereocenters. The van der Waals surface area contributed by atoms with Crippen LogP contribution in [0.5, 0.6) is 0 Å². The van der Waals surface area contributed by atoms with Crippen LogP contribution >= 0.6 is 23.2 Å². The van der Waals surface area contributed by atoms with Crippen molar-refractivity contribution >= 4 is 50.6 Å². The molecule has 23 heavy (non-hydrogen) atoms. The summed E-state index contributed by atoms with van der Waals surface area (Å²) < 4.78 is 29.7. The number of aryl methyl sites for hydroxylation is 1. The van der Waals surface area contributed by atoms with Crippen LogP contribution in [0.15, 0.2) is 28.8 Å². The second-order valence-corrected chi connectivity index (χ2v) is 7.41. The first kappa shape index (κ1) is 17.6. The molecule has 0 spiro atoms. The molecule has 124 valence electrons. The van der Waals surface area contributed by atoms with Crippen LogP contribution < -0.4 is 9.62 Å². The highest BCUT2D eigenvalue weighted by Gasteiger charge is 2.24. The molecule has 0 unspecified atom stereocenters. The third-order valence-electron chi connectivity index (χ3n) is 2.78. The van der Waals surface area contributed by atoms with Crippen molar-refractivity contribution in [1.82, 2.24) is 5.16 Å². The molecule has 0 saturated heterocycles. The summed E-state index contributed by atoms with van der Waals surface area (Å²) in [5.41, 5.74) is 0.119. The van der Waals surface area contributed by atoms with Gasteiger partial charge >= 0.3 is 0 Å². The number of hydrogen-bond donors (Lipinski definition) is 1. The lowest BCUT2D eigenvalue weighted by Gasteiger charge is -2.22. The van der Waals surface area contributed by atoms with Gasteiger partial charge in [0.15, 0.2) is 5.82 Å². The van der Waals surface area contributed by atoms with Gasteiger partial charge in [-0.3, -0.25) is 9.10 Å². The van der Waals surface area contributed by atoms with E-state index in [1.807, 2.05) is 0 Å². The van der Waals surface area contributed by atoms with Crippen molar-refractivity contribution in [2.24, 2.45) is 0 Å². The van der Waals surface area contributed by atoms with E-state index in [1.54, 1.807) is 13.0 Å². The summed E-state index contributed by atoms with van der Waals surface area (Å²) in [6.07, 6.45) is 0.970. The fourth-order valence-corrected chi connectivity index (χ4v) is 3.11. The maximum absolute atomic E-state index is 12.1. The molecular formula is C13H13Cl2N3O4S. The van der Waals surface area contributed by atoms with Crippen molar-refractivity contribution in [1.29, 1.82) is 0 Å². The Morgan fingerprint density at radius 2 is 2.09 bits per heavy atom. The number of aromatic nitrogens is 1. The van der Waals surface area contributed by atoms with Gasteiger partial charge in [-0.1, -0.05) is 34.4 Å². The molecule has 2 aromatic rings. The number of benzene rings is 1. The third-order valence-corrected chi connectivity index (χ3v) is 4.72. The number of nitrogens with zero attached hydrogens (tertiary/aromatic N) is 2. The lowest BCUT2D eigenvalue weighted by atomic mass is 10.3. The van der Waals surface area contributed by atoms with Gasteiger partial charge < -0.3 is 9.84 Å². The van der Waals surface area contributed by atoms with E-state index in [0.717, 1.165) is 10.6 Å². The Morgan fingerprint density at radius 3 is 2.65 bits per heavy atom. The van der Waals surface area contributed by atoms with Crippen molar-refractivity contribution in [3.05, 3.63) is 40.1 Å². The maximum atomic E-state index is 12.1. The van der Waals surface area contributed by atoms with Crippen molar-refractivity contribution < 1.29 is 17.7 Å². The molecule has 1 amide bonds. The van der Waals surface area contributed by atoms with Crippen LogP contribution in [-0.2, 0) is 14.8 Å². The molecule has 1 aromatic heterocycles. The van der Waals surface area contributed by atoms with Crippen LogP contribution in [0.25, 0.3) is 0 Å². The monoisotopic (exact) mass is 377 g/mol. The summed E-state index contributed by atoms with van der Waals surface area (Å²) in [4.78, 5) is 12.1. The minimum Gasteiger partial charge on any atom is -0.360 e. The van der Waals surface area contributed by atoms with Crippen LogP contribution in [0.1, 0.15) is 5.76 Å². The first-order valence-corrected chi connectivity index (χ1v) is 8.94. The maximum Gasteiger partial charge on any atom is 0.246 e. The number of anilines is 2. The van der Waals surface area contributed by atoms with Gasteiger partial charge in [-0.05, 0) is 19.1 Å². The number of amides is 1. The molecule has 0 radical (unpaired) electrons. The van der Waals surface area contributed by atoms with E-state index < -0.39 is 22.5 Å². The van der Waals surface area contributed by atoms with Gasteiger partial charge in [-0.25, -0.2) is 8.42 Å². The predicted molar refractivity (Wildman–Crippen MR) is 88.5 cm³/mol. The van der Waals surface area contributed by atoms with Crippen LogP contribution in [0.3, 0.4) is 0 Å². The molecule has 0 saturated carbocycles. The molecule has 0 bridgehead atoms. The molecule has 7 nitrogen and oxygen atoms in total. The number of carbonyl (C=O) groups excluding carboxylic acids is 1. The Labute approximate surface area is 143 Å². The first-order valence-electron chi connectivity index (χ1n) is 6.33. The number of nitrogens with one attached hydrogen (secondary N) is 1. The van der Waals surface area contributed by atoms with Gasteiger partial charge in [0.1, 0.15) is 12.3 Å². The fourth-order valence-electron chi connectivity index (χ4n) is 1.80. The van der Waals surface area contributed by atoms with Gasteiger partial charge in [0.25, 0.3) is 0 Å². The zero-order chi connectivity index (χ0) is 17.2. The predicted octanol–water partition coefficient (Wildman–Crippen LogP) is 2.69. The molecule has 0 aliphatic rings. The third kappa shape index (κ3) is 4.37. The van der Waals surface area contributed by atoms with E-state index in [1.165, 1.54) is 18.2 Å². The summed E-state index contributed by atoms with van der Waals surface area (Å²) >= 11 is 11.9. The lowest BCUT2D eigenvalue weighted by molar-refractivity contribution is -0.114. The molecule has 1 aromatic carbocycles. The zero-order valence-corrected chi connectivity index (χ0v) is 14.5. The second kappa shape index (κ2) is 6.77. The van der Waals surface area contributed by atoms with E-state index in [4.69, 9.17) is 27.7 Å². The van der Waals surface area contributed by atoms with Gasteiger partial charge in [-0.2, -0.15) is 0 Å². The molecule has 2 rings (SSSR count). The molecule has 1 heterocycles. The Bertz CT molecular complexity index is 835. The van der Waals surface area contributed by atoms with Crippen molar-refractivity contribution in [2.75, 3.05) is 22.4 Å². The van der Waals surface area contributed by atoms with Crippen LogP contribution in [0, 0.1) is 6.92 Å². The SMILES string of the molecule is Cc1cc(NC(=O)CN(c2cccc(Cl)c2Cl)S(C)(=O)=O)no1. The van der Waals surface area contributed by atoms with Crippen LogP contribution in [0.2, 0.25) is 10.0 Å². The summed E-state index contributed by atoms with van der Waals surface area (Å²) in [5.74, 6) is 0.107. The minimum absolute atomic E-state index is 0.0460. The quantitative estimate of drug-likeness (QED) is 0.864. The lowest BCUT2D eigenvalue weighted by Crippen LogP contribution is -2.37. The molecule has 0 fully saturated rings. The average molecular weight is 378 g/mol. The Morgan fingerprint density at radius 1 is 1.39 bits per heavy atom. The summed E-state index contributed by atoms with van der Waals surface area (Å²) in [6, 6.07) is 6.03. The number of halogens is 2. The highest BCUT2D eigenvalue weighted by Crippen LogP contribution is 2.33. The molecule has 0 aliphatic carbocycles. The standard InChI is InChI=1S/C13H13Cl2N3O4S/c1-8-6-11(17-22-8)16-12(19)7-18(23(2,20)21)10-5-3-4-9(14)13(10)15/h3-6H,7H2,1-2H3,(H,16,17,19). The molecule has 0 aliphatic heterocycles. The average Bonchev–Trinajstić information content (AvgIpc) is 2.84. The number of carbonyl (C=O) groups is 1. The highest BCUT2D eigenvalue weighted by atomic mass is 35.5. The summed E-state index contributed by atoms with van der Waals surface area (Å²) in [5, 5.41) is 6.28. The normalized spacial score (nSPS) is 11.3. The van der Waals surface area contributed by atoms with Gasteiger partial charge in [-0.15, -0.1) is 0 Å². The van der Waals surface area contributed by atoms with Crippen LogP contribution in [-0.4, -0.2) is 32.3 Å². The van der Waals surface area contributed by atoms with E-state index in [0.29, 0.717) is 5.76 Å². The number of rotatable bonds is 5. The van der Waals surface area contributed by atoms with E-state index >= 15 is 0 Å². The molecular weight excluding hydrogens is 365 g/mol. The first-order chi connectivity index (χ1) is 10.7. The van der Waals surface area contributed by atoms with Crippen molar-refractivity contribution in [3.8, 4) is 0 Å². The Kier molecular flexibility index (Phi) is 5.18. The van der Waals surface area contributed by atoms with E-state index in [2.05, 4.69) is 10.5 Å². The molecule has 1 N–H and O–H groups in total. The number of sulfonamides is 1. The van der Waals surface area contributed by atoms with Crippen molar-refractivity contribution in [2.45, 2.75) is 6.92 Å². The summed E-state index contributed by atoms with van der Waals surface area (Å²) in [7, 11) is -3.75. The topological polar surface area (TPSA) is 92.5 Å². The van der Waals surface area contributed by atoms with Crippen LogP contribution in [0.4, 0.5) is 11.5 Å². The van der Waals surface area contributed by atoms with Gasteiger partial charge in [0, 0.05) is 6.07 Å². The molecule has 10 heteroatoms. The van der Waals surface area contributed by atoms with Gasteiger partial charge in [0.05, 0.1) is 22.0 Å². The highest BCUT2D eigenvalue weighted by molar-refractivity contribution is 7.92. The van der Waals surface area contributed by atoms with Gasteiger partial charge in [0.2, 0.25) is 15.9 Å². The van der Waals surface area contributed by atoms with E-state index in [9.17, 15) is 13.2 Å². The zero-order valence-electron chi connectivity index (χ0n) is 12.2. The largest absolute Gasteiger partial charge is 0.360 e. The van der Waals surface area contributed by atoms with Crippen molar-refractivity contribution in [3.63, 3.8) is 0 Å². The summed E-state index contributed by atoms with van der Waals surface area (Å²) in [6.45, 7) is 1.18. The Hall–Kier alpha value is -1.77. The smallest absolute Gasteiger partial charge is 0.246 e. The second-order valence-electron chi connectivity index (χ2n) is 4.71. The Balaban J connectivity index is 2.26. The number of hydrogen-bond acceptors (Lipinski definition) is 5. The van der Waals surface area contributed by atoms with E-state index in [-0.39, 0.29) is 21.6 Å².